The Balaban J connectivity index is 3.02. The highest BCUT2D eigenvalue weighted by Crippen LogP contribution is 2.21. The van der Waals surface area contributed by atoms with Gasteiger partial charge < -0.3 is 9.84 Å². The van der Waals surface area contributed by atoms with Crippen LogP contribution in [0, 0.1) is 0 Å². The summed E-state index contributed by atoms with van der Waals surface area (Å²) >= 11 is 3.32. The Kier molecular flexibility index (Phi) is 5.05. The highest BCUT2D eigenvalue weighted by Gasteiger charge is 2.06. The van der Waals surface area contributed by atoms with E-state index < -0.39 is 5.97 Å². The van der Waals surface area contributed by atoms with Crippen LogP contribution < -0.4 is 4.74 Å². The predicted molar refractivity (Wildman–Crippen MR) is 67.4 cm³/mol. The fraction of sp³-hybridized carbons (Fsp3) is 0.250. The summed E-state index contributed by atoms with van der Waals surface area (Å²) in [6, 6.07) is 4.80. The van der Waals surface area contributed by atoms with Crippen molar-refractivity contribution in [1.82, 2.24) is 0 Å². The van der Waals surface area contributed by atoms with Crippen molar-refractivity contribution in [3.8, 4) is 5.75 Å². The fourth-order valence-electron chi connectivity index (χ4n) is 1.27. The number of rotatable bonds is 5. The zero-order valence-corrected chi connectivity index (χ0v) is 10.5. The van der Waals surface area contributed by atoms with Gasteiger partial charge >= 0.3 is 5.97 Å². The van der Waals surface area contributed by atoms with Gasteiger partial charge in [0.05, 0.1) is 12.7 Å². The molecule has 1 rings (SSSR count). The van der Waals surface area contributed by atoms with Gasteiger partial charge in [-0.25, -0.2) is 4.79 Å². The van der Waals surface area contributed by atoms with Crippen molar-refractivity contribution >= 4 is 28.0 Å². The zero-order valence-electron chi connectivity index (χ0n) is 8.94. The molecule has 0 saturated carbocycles. The second-order valence-electron chi connectivity index (χ2n) is 3.14. The number of carboxylic acid groups (broad SMARTS) is 1. The SMILES string of the molecule is COc1ccc(C(=O)O)cc1C=CCCBr. The molecule has 1 aromatic rings. The molecular formula is C12H13BrO3. The number of aromatic carboxylic acids is 1. The monoisotopic (exact) mass is 284 g/mol. The minimum Gasteiger partial charge on any atom is -0.496 e. The molecule has 86 valence electrons. The summed E-state index contributed by atoms with van der Waals surface area (Å²) in [5.41, 5.74) is 1.04. The van der Waals surface area contributed by atoms with E-state index in [-0.39, 0.29) is 5.56 Å². The molecule has 0 fully saturated rings. The molecule has 0 atom stereocenters. The lowest BCUT2D eigenvalue weighted by molar-refractivity contribution is 0.0697. The molecule has 0 aliphatic carbocycles. The molecule has 0 amide bonds. The number of carbonyl (C=O) groups is 1. The van der Waals surface area contributed by atoms with Crippen LogP contribution in [0.25, 0.3) is 6.08 Å². The van der Waals surface area contributed by atoms with E-state index in [4.69, 9.17) is 9.84 Å². The van der Waals surface area contributed by atoms with Gasteiger partial charge in [-0.05, 0) is 24.6 Å². The van der Waals surface area contributed by atoms with Crippen LogP contribution in [0.2, 0.25) is 0 Å². The van der Waals surface area contributed by atoms with E-state index >= 15 is 0 Å². The summed E-state index contributed by atoms with van der Waals surface area (Å²) in [7, 11) is 1.57. The van der Waals surface area contributed by atoms with E-state index in [0.29, 0.717) is 5.75 Å². The molecule has 0 heterocycles. The Hall–Kier alpha value is -1.29. The molecule has 1 N–H and O–H groups in total. The van der Waals surface area contributed by atoms with Crippen molar-refractivity contribution in [2.45, 2.75) is 6.42 Å². The second kappa shape index (κ2) is 6.33. The van der Waals surface area contributed by atoms with E-state index in [2.05, 4.69) is 15.9 Å². The first-order chi connectivity index (χ1) is 7.69. The summed E-state index contributed by atoms with van der Waals surface area (Å²) in [5, 5.41) is 9.75. The molecule has 0 unspecified atom stereocenters. The first-order valence-corrected chi connectivity index (χ1v) is 5.95. The van der Waals surface area contributed by atoms with E-state index in [0.717, 1.165) is 17.3 Å². The topological polar surface area (TPSA) is 46.5 Å². The Labute approximate surface area is 103 Å². The molecule has 3 nitrogen and oxygen atoms in total. The molecule has 4 heteroatoms. The number of methoxy groups -OCH3 is 1. The van der Waals surface area contributed by atoms with Gasteiger partial charge in [-0.3, -0.25) is 0 Å². The summed E-state index contributed by atoms with van der Waals surface area (Å²) in [6.07, 6.45) is 4.73. The Morgan fingerprint density at radius 1 is 1.56 bits per heavy atom. The zero-order chi connectivity index (χ0) is 12.0. The molecular weight excluding hydrogens is 272 g/mol. The van der Waals surface area contributed by atoms with Crippen LogP contribution in [0.3, 0.4) is 0 Å². The standard InChI is InChI=1S/C12H13BrO3/c1-16-11-6-5-10(12(14)15)8-9(11)4-2-3-7-13/h2,4-6,8H,3,7H2,1H3,(H,14,15). The summed E-state index contributed by atoms with van der Waals surface area (Å²) in [4.78, 5) is 10.8. The lowest BCUT2D eigenvalue weighted by Crippen LogP contribution is -1.97. The number of hydrogen-bond acceptors (Lipinski definition) is 2. The molecule has 0 bridgehead atoms. The first-order valence-electron chi connectivity index (χ1n) is 4.83. The van der Waals surface area contributed by atoms with Crippen molar-refractivity contribution < 1.29 is 14.6 Å². The maximum atomic E-state index is 10.8. The van der Waals surface area contributed by atoms with Gasteiger partial charge in [0.15, 0.2) is 0 Å². The third kappa shape index (κ3) is 3.38. The summed E-state index contributed by atoms with van der Waals surface area (Å²) in [6.45, 7) is 0. The number of ether oxygens (including phenoxy) is 1. The van der Waals surface area contributed by atoms with Crippen LogP contribution in [0.4, 0.5) is 0 Å². The van der Waals surface area contributed by atoms with Crippen molar-refractivity contribution in [2.24, 2.45) is 0 Å². The highest BCUT2D eigenvalue weighted by molar-refractivity contribution is 9.09. The van der Waals surface area contributed by atoms with Crippen LogP contribution in [0.15, 0.2) is 24.3 Å². The Morgan fingerprint density at radius 3 is 2.88 bits per heavy atom. The van der Waals surface area contributed by atoms with E-state index in [9.17, 15) is 4.79 Å². The normalized spacial score (nSPS) is 10.6. The van der Waals surface area contributed by atoms with Gasteiger partial charge in [-0.2, -0.15) is 0 Å². The molecule has 0 aliphatic rings. The minimum absolute atomic E-state index is 0.263. The summed E-state index contributed by atoms with van der Waals surface area (Å²) < 4.78 is 5.15. The molecule has 16 heavy (non-hydrogen) atoms. The number of carboxylic acids is 1. The van der Waals surface area contributed by atoms with E-state index in [1.165, 1.54) is 6.07 Å². The van der Waals surface area contributed by atoms with Gasteiger partial charge in [0.25, 0.3) is 0 Å². The van der Waals surface area contributed by atoms with Gasteiger partial charge in [0.2, 0.25) is 0 Å². The maximum Gasteiger partial charge on any atom is 0.335 e. The lowest BCUT2D eigenvalue weighted by Gasteiger charge is -2.05. The first kappa shape index (κ1) is 12.8. The molecule has 0 saturated heterocycles. The van der Waals surface area contributed by atoms with Gasteiger partial charge in [0, 0.05) is 10.9 Å². The van der Waals surface area contributed by atoms with Crippen LogP contribution in [-0.2, 0) is 0 Å². The molecule has 1 aromatic carbocycles. The molecule has 0 aliphatic heterocycles. The predicted octanol–water partition coefficient (Wildman–Crippen LogP) is 3.19. The summed E-state index contributed by atoms with van der Waals surface area (Å²) in [5.74, 6) is -0.256. The van der Waals surface area contributed by atoms with Crippen molar-refractivity contribution in [3.05, 3.63) is 35.4 Å². The third-order valence-electron chi connectivity index (χ3n) is 2.05. The Bertz CT molecular complexity index is 399. The smallest absolute Gasteiger partial charge is 0.335 e. The Morgan fingerprint density at radius 2 is 2.31 bits per heavy atom. The van der Waals surface area contributed by atoms with Crippen molar-refractivity contribution in [2.75, 3.05) is 12.4 Å². The average Bonchev–Trinajstić information content (AvgIpc) is 2.29. The van der Waals surface area contributed by atoms with Crippen molar-refractivity contribution in [1.29, 1.82) is 0 Å². The quantitative estimate of drug-likeness (QED) is 0.845. The van der Waals surface area contributed by atoms with Gasteiger partial charge in [-0.1, -0.05) is 28.1 Å². The van der Waals surface area contributed by atoms with Crippen LogP contribution in [0.1, 0.15) is 22.3 Å². The molecule has 0 radical (unpaired) electrons. The van der Waals surface area contributed by atoms with Crippen LogP contribution in [-0.4, -0.2) is 23.5 Å². The minimum atomic E-state index is -0.933. The number of alkyl halides is 1. The fourth-order valence-corrected chi connectivity index (χ4v) is 1.54. The van der Waals surface area contributed by atoms with Crippen LogP contribution in [0.5, 0.6) is 5.75 Å². The lowest BCUT2D eigenvalue weighted by atomic mass is 10.1. The number of benzene rings is 1. The molecule has 0 aromatic heterocycles. The van der Waals surface area contributed by atoms with Crippen molar-refractivity contribution in [3.63, 3.8) is 0 Å². The number of hydrogen-bond donors (Lipinski definition) is 1. The van der Waals surface area contributed by atoms with E-state index in [1.807, 2.05) is 12.2 Å². The van der Waals surface area contributed by atoms with E-state index in [1.54, 1.807) is 19.2 Å². The average molecular weight is 285 g/mol. The third-order valence-corrected chi connectivity index (χ3v) is 2.51. The van der Waals surface area contributed by atoms with Gasteiger partial charge in [0.1, 0.15) is 5.75 Å². The van der Waals surface area contributed by atoms with Crippen LogP contribution >= 0.6 is 15.9 Å². The second-order valence-corrected chi connectivity index (χ2v) is 3.93. The molecule has 0 spiro atoms. The highest BCUT2D eigenvalue weighted by atomic mass is 79.9. The number of halogens is 1. The largest absolute Gasteiger partial charge is 0.496 e. The maximum absolute atomic E-state index is 10.8. The van der Waals surface area contributed by atoms with Gasteiger partial charge in [-0.15, -0.1) is 0 Å². The number of allylic oxidation sites excluding steroid dienone is 1.